The van der Waals surface area contributed by atoms with E-state index < -0.39 is 11.9 Å². The minimum Gasteiger partial charge on any atom is -0.490 e. The molecular weight excluding hydrogens is 1240 g/mol. The lowest BCUT2D eigenvalue weighted by Gasteiger charge is -2.19. The number of carbonyl (C=O) groups excluding carboxylic acids is 2. The van der Waals surface area contributed by atoms with Gasteiger partial charge in [0.2, 0.25) is 11.5 Å². The molecule has 0 saturated heterocycles. The third-order valence-corrected chi connectivity index (χ3v) is 15.8. The van der Waals surface area contributed by atoms with Crippen LogP contribution in [0.2, 0.25) is 0 Å². The molecule has 0 aliphatic carbocycles. The Morgan fingerprint density at radius 2 is 0.480 bits per heavy atom. The van der Waals surface area contributed by atoms with Gasteiger partial charge in [0.25, 0.3) is 0 Å². The van der Waals surface area contributed by atoms with Gasteiger partial charge in [-0.1, -0.05) is 222 Å². The summed E-state index contributed by atoms with van der Waals surface area (Å²) in [6.45, 7) is 25.4. The summed E-state index contributed by atoms with van der Waals surface area (Å²) in [4.78, 5) is 28.0. The zero-order valence-corrected chi connectivity index (χ0v) is 59.5. The van der Waals surface area contributed by atoms with Crippen LogP contribution in [-0.4, -0.2) is 51.6 Å². The maximum atomic E-state index is 14.0. The quantitative estimate of drug-likeness (QED) is 0.0123. The maximum absolute atomic E-state index is 14.0. The smallest absolute Gasteiger partial charge is 0.343 e. The van der Waals surface area contributed by atoms with Crippen LogP contribution in [-0.2, 0) is 0 Å². The Hall–Kier alpha value is -9.80. The molecule has 10 heteroatoms. The van der Waals surface area contributed by atoms with E-state index in [2.05, 4.69) is 100 Å². The van der Waals surface area contributed by atoms with E-state index >= 15 is 0 Å². The first kappa shape index (κ1) is 80.9. The average molecular weight is 1350 g/mol. The zero-order chi connectivity index (χ0) is 71.0. The number of carbonyl (C=O) groups is 2. The molecule has 0 bridgehead atoms. The Bertz CT molecular complexity index is 3110. The van der Waals surface area contributed by atoms with Gasteiger partial charge in [0.15, 0.2) is 23.0 Å². The van der Waals surface area contributed by atoms with Crippen molar-refractivity contribution in [3.8, 4) is 46.0 Å². The van der Waals surface area contributed by atoms with Crippen LogP contribution in [0.4, 0.5) is 0 Å². The van der Waals surface area contributed by atoms with Crippen molar-refractivity contribution in [2.45, 2.75) is 154 Å². The largest absolute Gasteiger partial charge is 0.490 e. The molecule has 10 nitrogen and oxygen atoms in total. The minimum absolute atomic E-state index is 0.307. The number of hydrogen-bond acceptors (Lipinski definition) is 10. The molecular formula is C90H110O10. The fourth-order valence-electron chi connectivity index (χ4n) is 10.3. The van der Waals surface area contributed by atoms with Gasteiger partial charge in [0.05, 0.1) is 50.8 Å². The SMILES string of the molecule is C=C/C=C/CCCCCOc1cc(C(=O)Oc2ccc(/C=C/c3ccc(/C=C/c4ccc(OC(=O)c5cc(OCCCCC/C=C/C=C)c(OCCCCC/C=C/C=C)c(OCCCCC/C=C/C=C)c5)cc4)cc3)cc2)cc(OCCCCC/C=C/C=C)c1OCCCCC/C=C/C=C. The number of unbranched alkanes of at least 4 members (excludes halogenated alkanes) is 18. The predicted octanol–water partition coefficient (Wildman–Crippen LogP) is 24.6. The van der Waals surface area contributed by atoms with Gasteiger partial charge in [0, 0.05) is 0 Å². The number of allylic oxidation sites excluding steroid dienone is 18. The van der Waals surface area contributed by atoms with Crippen LogP contribution in [0.5, 0.6) is 46.0 Å². The Morgan fingerprint density at radius 3 is 0.700 bits per heavy atom. The molecule has 5 rings (SSSR count). The summed E-state index contributed by atoms with van der Waals surface area (Å²) in [6, 6.07) is 30.0. The van der Waals surface area contributed by atoms with E-state index in [1.54, 1.807) is 85.0 Å². The lowest BCUT2D eigenvalue weighted by Crippen LogP contribution is -2.12. The normalized spacial score (nSPS) is 11.6. The molecule has 0 amide bonds. The fraction of sp³-hybridized carbons (Fsp3) is 0.333. The summed E-state index contributed by atoms with van der Waals surface area (Å²) >= 11 is 0. The second kappa shape index (κ2) is 53.2. The van der Waals surface area contributed by atoms with Gasteiger partial charge in [-0.2, -0.15) is 0 Å². The van der Waals surface area contributed by atoms with Crippen LogP contribution in [0.3, 0.4) is 0 Å². The highest BCUT2D eigenvalue weighted by molar-refractivity contribution is 5.93. The molecule has 5 aromatic rings. The van der Waals surface area contributed by atoms with Crippen molar-refractivity contribution in [2.75, 3.05) is 39.6 Å². The Kier molecular flexibility index (Phi) is 43.0. The molecule has 5 aromatic carbocycles. The lowest BCUT2D eigenvalue weighted by atomic mass is 10.1. The number of rotatable bonds is 56. The lowest BCUT2D eigenvalue weighted by molar-refractivity contribution is 0.0724. The summed E-state index contributed by atoms with van der Waals surface area (Å²) in [6.07, 6.45) is 66.5. The molecule has 0 saturated carbocycles. The highest BCUT2D eigenvalue weighted by Crippen LogP contribution is 2.42. The molecule has 0 radical (unpaired) electrons. The van der Waals surface area contributed by atoms with Crippen LogP contribution in [0.1, 0.15) is 197 Å². The molecule has 0 N–H and O–H groups in total. The summed E-state index contributed by atoms with van der Waals surface area (Å²) in [7, 11) is 0. The van der Waals surface area contributed by atoms with Crippen LogP contribution >= 0.6 is 0 Å². The van der Waals surface area contributed by atoms with Gasteiger partial charge in [-0.05, 0) is 225 Å². The number of esters is 2. The van der Waals surface area contributed by atoms with Crippen molar-refractivity contribution < 1.29 is 47.5 Å². The molecule has 0 aliphatic heterocycles. The van der Waals surface area contributed by atoms with Gasteiger partial charge in [-0.25, -0.2) is 9.59 Å². The van der Waals surface area contributed by atoms with Gasteiger partial charge in [-0.3, -0.25) is 0 Å². The van der Waals surface area contributed by atoms with Crippen molar-refractivity contribution in [2.24, 2.45) is 0 Å². The fourth-order valence-corrected chi connectivity index (χ4v) is 10.3. The van der Waals surface area contributed by atoms with Crippen LogP contribution in [0, 0.1) is 0 Å². The zero-order valence-electron chi connectivity index (χ0n) is 59.5. The van der Waals surface area contributed by atoms with Crippen molar-refractivity contribution in [1.82, 2.24) is 0 Å². The molecule has 0 heterocycles. The van der Waals surface area contributed by atoms with Gasteiger partial charge < -0.3 is 37.9 Å². The third kappa shape index (κ3) is 35.1. The first-order valence-corrected chi connectivity index (χ1v) is 36.2. The summed E-state index contributed by atoms with van der Waals surface area (Å²) in [5.74, 6) is 2.62. The molecule has 100 heavy (non-hydrogen) atoms. The summed E-state index contributed by atoms with van der Waals surface area (Å²) in [5, 5.41) is 0. The van der Waals surface area contributed by atoms with Crippen molar-refractivity contribution >= 4 is 36.2 Å². The van der Waals surface area contributed by atoms with E-state index in [0.717, 1.165) is 176 Å². The first-order chi connectivity index (χ1) is 49.3. The van der Waals surface area contributed by atoms with E-state index in [1.807, 2.05) is 85.0 Å². The molecule has 0 atom stereocenters. The van der Waals surface area contributed by atoms with E-state index in [1.165, 1.54) is 0 Å². The molecule has 0 fully saturated rings. The van der Waals surface area contributed by atoms with Crippen molar-refractivity contribution in [1.29, 1.82) is 0 Å². The number of hydrogen-bond donors (Lipinski definition) is 0. The van der Waals surface area contributed by atoms with E-state index in [4.69, 9.17) is 37.9 Å². The maximum Gasteiger partial charge on any atom is 0.343 e. The first-order valence-electron chi connectivity index (χ1n) is 36.2. The van der Waals surface area contributed by atoms with Gasteiger partial charge in [-0.15, -0.1) is 0 Å². The summed E-state index contributed by atoms with van der Waals surface area (Å²) in [5.41, 5.74) is 4.53. The molecule has 0 unspecified atom stereocenters. The monoisotopic (exact) mass is 1350 g/mol. The Labute approximate surface area is 599 Å². The topological polar surface area (TPSA) is 108 Å². The highest BCUT2D eigenvalue weighted by atomic mass is 16.6. The number of ether oxygens (including phenoxy) is 8. The average Bonchev–Trinajstić information content (AvgIpc) is 0.821. The van der Waals surface area contributed by atoms with E-state index in [9.17, 15) is 9.59 Å². The third-order valence-electron chi connectivity index (χ3n) is 15.8. The second-order valence-corrected chi connectivity index (χ2v) is 24.0. The predicted molar refractivity (Wildman–Crippen MR) is 420 cm³/mol. The number of benzene rings is 5. The molecule has 0 spiro atoms. The highest BCUT2D eigenvalue weighted by Gasteiger charge is 2.23. The Morgan fingerprint density at radius 1 is 0.270 bits per heavy atom. The molecule has 0 aromatic heterocycles. The van der Waals surface area contributed by atoms with E-state index in [0.29, 0.717) is 96.8 Å². The van der Waals surface area contributed by atoms with Crippen molar-refractivity contribution in [3.05, 3.63) is 279 Å². The van der Waals surface area contributed by atoms with Gasteiger partial charge in [0.1, 0.15) is 11.5 Å². The van der Waals surface area contributed by atoms with E-state index in [-0.39, 0.29) is 0 Å². The Balaban J connectivity index is 1.23. The molecule has 530 valence electrons. The van der Waals surface area contributed by atoms with Crippen molar-refractivity contribution in [3.63, 3.8) is 0 Å². The standard InChI is InChI=1S/C90H110O10/c1-7-13-19-25-31-37-43-65-93-83-71-79(72-84(94-66-44-38-32-26-20-14-8-2)87(83)97-69-47-41-35-29-23-17-11-5)89(91)99-81-61-57-77(58-62-81)55-53-75-49-51-76(52-50-75)54-56-78-59-63-82(64-60-78)100-90(92)80-73-85(95-67-45-39-33-27-21-15-9-3)88(98-70-48-42-36-30-24-18-12-6)86(74-80)96-68-46-40-34-28-22-16-10-4/h7-24,49-64,71-74H,1-6,25-48,65-70H2/b19-13+,20-14+,21-15+,22-16+,23-17+,24-18+,55-53+,56-54+. The van der Waals surface area contributed by atoms with Gasteiger partial charge >= 0.3 is 11.9 Å². The van der Waals surface area contributed by atoms with Crippen LogP contribution in [0.15, 0.2) is 246 Å². The van der Waals surface area contributed by atoms with Crippen LogP contribution < -0.4 is 37.9 Å². The van der Waals surface area contributed by atoms with Crippen LogP contribution in [0.25, 0.3) is 24.3 Å². The second-order valence-electron chi connectivity index (χ2n) is 24.0. The molecule has 0 aliphatic rings. The minimum atomic E-state index is -0.529. The summed E-state index contributed by atoms with van der Waals surface area (Å²) < 4.78 is 50.6.